The Morgan fingerprint density at radius 3 is 2.29 bits per heavy atom. The van der Waals surface area contributed by atoms with Crippen LogP contribution in [0.25, 0.3) is 0 Å². The van der Waals surface area contributed by atoms with Crippen LogP contribution >= 0.6 is 0 Å². The minimum atomic E-state index is -4.29. The van der Waals surface area contributed by atoms with Gasteiger partial charge in [0.05, 0.1) is 5.56 Å². The van der Waals surface area contributed by atoms with Crippen LogP contribution in [0.15, 0.2) is 24.3 Å². The summed E-state index contributed by atoms with van der Waals surface area (Å²) < 4.78 is 38.7. The summed E-state index contributed by atoms with van der Waals surface area (Å²) in [6.07, 6.45) is -3.28. The van der Waals surface area contributed by atoms with Gasteiger partial charge < -0.3 is 10.2 Å². The number of rotatable bonds is 7. The van der Waals surface area contributed by atoms with Gasteiger partial charge >= 0.3 is 6.18 Å². The summed E-state index contributed by atoms with van der Waals surface area (Å²) in [7, 11) is 4.00. The van der Waals surface area contributed by atoms with Crippen LogP contribution in [0.3, 0.4) is 0 Å². The maximum atomic E-state index is 12.9. The third-order valence-corrected chi connectivity index (χ3v) is 3.49. The Morgan fingerprint density at radius 2 is 1.76 bits per heavy atom. The molecule has 5 heteroatoms. The van der Waals surface area contributed by atoms with Crippen LogP contribution in [0, 0.1) is 5.92 Å². The van der Waals surface area contributed by atoms with Gasteiger partial charge in [-0.25, -0.2) is 0 Å². The van der Waals surface area contributed by atoms with Crippen molar-refractivity contribution >= 4 is 0 Å². The van der Waals surface area contributed by atoms with Crippen molar-refractivity contribution in [2.45, 2.75) is 39.0 Å². The molecule has 1 aromatic carbocycles. The number of nitrogens with zero attached hydrogens (tertiary/aromatic N) is 1. The Hall–Kier alpha value is -1.07. The molecule has 0 aliphatic rings. The summed E-state index contributed by atoms with van der Waals surface area (Å²) in [6, 6.07) is 6.05. The van der Waals surface area contributed by atoms with Crippen LogP contribution in [0.1, 0.15) is 31.4 Å². The third-order valence-electron chi connectivity index (χ3n) is 3.49. The van der Waals surface area contributed by atoms with E-state index in [1.807, 2.05) is 14.1 Å². The predicted molar refractivity (Wildman–Crippen MR) is 80.1 cm³/mol. The molecule has 1 rings (SSSR count). The first-order chi connectivity index (χ1) is 9.71. The van der Waals surface area contributed by atoms with E-state index >= 15 is 0 Å². The Morgan fingerprint density at radius 1 is 1.14 bits per heavy atom. The van der Waals surface area contributed by atoms with Crippen molar-refractivity contribution in [3.63, 3.8) is 0 Å². The summed E-state index contributed by atoms with van der Waals surface area (Å²) in [5, 5.41) is 3.16. The Labute approximate surface area is 125 Å². The quantitative estimate of drug-likeness (QED) is 0.825. The topological polar surface area (TPSA) is 15.3 Å². The minimum absolute atomic E-state index is 0.234. The molecule has 0 aromatic heterocycles. The highest BCUT2D eigenvalue weighted by molar-refractivity contribution is 5.29. The lowest BCUT2D eigenvalue weighted by Gasteiger charge is -2.26. The fourth-order valence-electron chi connectivity index (χ4n) is 2.35. The van der Waals surface area contributed by atoms with Crippen LogP contribution in [-0.2, 0) is 12.7 Å². The Kier molecular flexibility index (Phi) is 6.68. The highest BCUT2D eigenvalue weighted by atomic mass is 19.4. The molecule has 0 amide bonds. The lowest BCUT2D eigenvalue weighted by Crippen LogP contribution is -2.38. The lowest BCUT2D eigenvalue weighted by molar-refractivity contribution is -0.138. The third kappa shape index (κ3) is 6.06. The number of hydrogen-bond acceptors (Lipinski definition) is 2. The monoisotopic (exact) mass is 302 g/mol. The van der Waals surface area contributed by atoms with Gasteiger partial charge in [0.1, 0.15) is 0 Å². The average Bonchev–Trinajstić information content (AvgIpc) is 2.36. The van der Waals surface area contributed by atoms with Gasteiger partial charge in [0.15, 0.2) is 0 Å². The molecule has 21 heavy (non-hydrogen) atoms. The second kappa shape index (κ2) is 7.80. The van der Waals surface area contributed by atoms with Gasteiger partial charge in [-0.2, -0.15) is 13.2 Å². The fraction of sp³-hybridized carbons (Fsp3) is 0.625. The number of nitrogens with one attached hydrogen (secondary N) is 1. The molecule has 0 saturated heterocycles. The van der Waals surface area contributed by atoms with E-state index < -0.39 is 11.7 Å². The molecule has 0 fully saturated rings. The van der Waals surface area contributed by atoms with Crippen LogP contribution in [0.4, 0.5) is 13.2 Å². The molecule has 0 spiro atoms. The van der Waals surface area contributed by atoms with Crippen molar-refractivity contribution in [1.82, 2.24) is 10.2 Å². The van der Waals surface area contributed by atoms with Gasteiger partial charge in [0.2, 0.25) is 0 Å². The van der Waals surface area contributed by atoms with E-state index in [0.29, 0.717) is 24.1 Å². The van der Waals surface area contributed by atoms with E-state index in [1.54, 1.807) is 6.07 Å². The molecule has 1 aromatic rings. The van der Waals surface area contributed by atoms with E-state index in [-0.39, 0.29) is 6.54 Å². The molecule has 1 N–H and O–H groups in total. The van der Waals surface area contributed by atoms with Gasteiger partial charge in [0.25, 0.3) is 0 Å². The summed E-state index contributed by atoms with van der Waals surface area (Å²) in [4.78, 5) is 2.11. The standard InChI is InChI=1S/C16H25F3N2/c1-12(2)9-14(21(3)4)11-20-10-13-7-5-6-8-15(13)16(17,18)19/h5-8,12,14,20H,9-11H2,1-4H3/t14-/m1/s1. The zero-order valence-electron chi connectivity index (χ0n) is 13.2. The molecule has 2 nitrogen and oxygen atoms in total. The molecule has 1 atom stereocenters. The van der Waals surface area contributed by atoms with Gasteiger partial charge in [0, 0.05) is 19.1 Å². The summed E-state index contributed by atoms with van der Waals surface area (Å²) >= 11 is 0. The van der Waals surface area contributed by atoms with Gasteiger partial charge in [-0.3, -0.25) is 0 Å². The first-order valence-corrected chi connectivity index (χ1v) is 7.24. The molecule has 0 saturated carbocycles. The Bertz CT molecular complexity index is 428. The molecule has 120 valence electrons. The van der Waals surface area contributed by atoms with E-state index in [4.69, 9.17) is 0 Å². The van der Waals surface area contributed by atoms with Crippen LogP contribution < -0.4 is 5.32 Å². The SMILES string of the molecule is CC(C)C[C@H](CNCc1ccccc1C(F)(F)F)N(C)C. The smallest absolute Gasteiger partial charge is 0.311 e. The van der Waals surface area contributed by atoms with Gasteiger partial charge in [-0.05, 0) is 38.1 Å². The highest BCUT2D eigenvalue weighted by Crippen LogP contribution is 2.31. The maximum Gasteiger partial charge on any atom is 0.416 e. The summed E-state index contributed by atoms with van der Waals surface area (Å²) in [6.45, 7) is 5.21. The van der Waals surface area contributed by atoms with Crippen LogP contribution in [0.5, 0.6) is 0 Å². The first-order valence-electron chi connectivity index (χ1n) is 7.24. The predicted octanol–water partition coefficient (Wildman–Crippen LogP) is 3.77. The summed E-state index contributed by atoms with van der Waals surface area (Å²) in [5.41, 5.74) is -0.255. The van der Waals surface area contributed by atoms with Crippen molar-refractivity contribution in [1.29, 1.82) is 0 Å². The number of hydrogen-bond donors (Lipinski definition) is 1. The minimum Gasteiger partial charge on any atom is -0.311 e. The van der Waals surface area contributed by atoms with E-state index in [9.17, 15) is 13.2 Å². The number of alkyl halides is 3. The zero-order valence-corrected chi connectivity index (χ0v) is 13.2. The molecule has 0 heterocycles. The van der Waals surface area contributed by atoms with Gasteiger partial charge in [-0.15, -0.1) is 0 Å². The molecule has 0 radical (unpaired) electrons. The van der Waals surface area contributed by atoms with E-state index in [1.165, 1.54) is 12.1 Å². The normalized spacial score (nSPS) is 14.0. The largest absolute Gasteiger partial charge is 0.416 e. The maximum absolute atomic E-state index is 12.9. The first kappa shape index (κ1) is 18.0. The molecular weight excluding hydrogens is 277 g/mol. The fourth-order valence-corrected chi connectivity index (χ4v) is 2.35. The second-order valence-electron chi connectivity index (χ2n) is 6.03. The molecule has 0 aliphatic carbocycles. The molecular formula is C16H25F3N2. The lowest BCUT2D eigenvalue weighted by atomic mass is 10.0. The van der Waals surface area contributed by atoms with Crippen molar-refractivity contribution in [2.24, 2.45) is 5.92 Å². The van der Waals surface area contributed by atoms with Gasteiger partial charge in [-0.1, -0.05) is 32.0 Å². The van der Waals surface area contributed by atoms with Crippen molar-refractivity contribution in [3.05, 3.63) is 35.4 Å². The van der Waals surface area contributed by atoms with Crippen molar-refractivity contribution in [2.75, 3.05) is 20.6 Å². The van der Waals surface area contributed by atoms with Crippen molar-refractivity contribution < 1.29 is 13.2 Å². The van der Waals surface area contributed by atoms with E-state index in [0.717, 1.165) is 12.5 Å². The number of halogens is 3. The van der Waals surface area contributed by atoms with E-state index in [2.05, 4.69) is 24.1 Å². The summed E-state index contributed by atoms with van der Waals surface area (Å²) in [5.74, 6) is 0.557. The molecule has 0 aliphatic heterocycles. The highest BCUT2D eigenvalue weighted by Gasteiger charge is 2.32. The second-order valence-corrected chi connectivity index (χ2v) is 6.03. The van der Waals surface area contributed by atoms with Crippen LogP contribution in [-0.4, -0.2) is 31.6 Å². The zero-order chi connectivity index (χ0) is 16.0. The average molecular weight is 302 g/mol. The number of benzene rings is 1. The molecule has 0 bridgehead atoms. The van der Waals surface area contributed by atoms with Crippen LogP contribution in [0.2, 0.25) is 0 Å². The number of likely N-dealkylation sites (N-methyl/N-ethyl adjacent to an activating group) is 1. The molecule has 0 unspecified atom stereocenters. The van der Waals surface area contributed by atoms with Crippen molar-refractivity contribution in [3.8, 4) is 0 Å². The Balaban J connectivity index is 2.63.